The molecule has 6 nitrogen and oxygen atoms in total. The van der Waals surface area contributed by atoms with Crippen molar-refractivity contribution in [1.29, 1.82) is 0 Å². The van der Waals surface area contributed by atoms with Crippen LogP contribution in [0.15, 0.2) is 0 Å². The number of aliphatic carboxylic acids is 1. The van der Waals surface area contributed by atoms with E-state index in [1.807, 2.05) is 0 Å². The number of fused-ring (bicyclic) bond motifs is 1. The van der Waals surface area contributed by atoms with Crippen LogP contribution in [0.25, 0.3) is 0 Å². The summed E-state index contributed by atoms with van der Waals surface area (Å²) < 4.78 is 1.59. The van der Waals surface area contributed by atoms with Crippen LogP contribution in [0.3, 0.4) is 0 Å². The standard InChI is InChI=1S/C7H10N4O2/c12-7(13)5-3-1-2-4-11-6(5)8-9-10-11/h5H,1-4H2,(H,12,13)/t5-/m1/s1. The molecule has 13 heavy (non-hydrogen) atoms. The number of carbonyl (C=O) groups is 1. The minimum absolute atomic E-state index is 0.491. The molecule has 1 aliphatic heterocycles. The Balaban J connectivity index is 2.36. The second-order valence-electron chi connectivity index (χ2n) is 3.15. The number of nitrogens with zero attached hydrogens (tertiary/aromatic N) is 4. The smallest absolute Gasteiger partial charge is 0.314 e. The average Bonchev–Trinajstić information content (AvgIpc) is 2.44. The third kappa shape index (κ3) is 1.39. The maximum atomic E-state index is 10.9. The zero-order chi connectivity index (χ0) is 9.26. The van der Waals surface area contributed by atoms with Gasteiger partial charge in [-0.25, -0.2) is 4.68 Å². The lowest BCUT2D eigenvalue weighted by Gasteiger charge is -2.05. The van der Waals surface area contributed by atoms with Gasteiger partial charge < -0.3 is 5.11 Å². The Morgan fingerprint density at radius 2 is 2.38 bits per heavy atom. The van der Waals surface area contributed by atoms with Crippen molar-refractivity contribution >= 4 is 5.97 Å². The van der Waals surface area contributed by atoms with Gasteiger partial charge in [0.15, 0.2) is 5.82 Å². The zero-order valence-corrected chi connectivity index (χ0v) is 7.05. The molecule has 1 atom stereocenters. The van der Waals surface area contributed by atoms with Crippen molar-refractivity contribution in [2.75, 3.05) is 0 Å². The average molecular weight is 182 g/mol. The van der Waals surface area contributed by atoms with Crippen LogP contribution in [0.1, 0.15) is 31.0 Å². The van der Waals surface area contributed by atoms with E-state index >= 15 is 0 Å². The van der Waals surface area contributed by atoms with Crippen molar-refractivity contribution in [1.82, 2.24) is 20.2 Å². The van der Waals surface area contributed by atoms with Crippen LogP contribution < -0.4 is 0 Å². The highest BCUT2D eigenvalue weighted by Gasteiger charge is 2.27. The normalized spacial score (nSPS) is 22.0. The number of carboxylic acids is 1. The fourth-order valence-electron chi connectivity index (χ4n) is 1.59. The number of tetrazole rings is 1. The van der Waals surface area contributed by atoms with Crippen LogP contribution >= 0.6 is 0 Å². The fraction of sp³-hybridized carbons (Fsp3) is 0.714. The van der Waals surface area contributed by atoms with Crippen molar-refractivity contribution in [2.45, 2.75) is 31.7 Å². The molecule has 2 rings (SSSR count). The van der Waals surface area contributed by atoms with E-state index in [0.29, 0.717) is 12.2 Å². The number of rotatable bonds is 1. The van der Waals surface area contributed by atoms with Gasteiger partial charge in [0.05, 0.1) is 0 Å². The summed E-state index contributed by atoms with van der Waals surface area (Å²) in [5, 5.41) is 19.9. The number of hydrogen-bond acceptors (Lipinski definition) is 4. The van der Waals surface area contributed by atoms with Crippen molar-refractivity contribution in [3.63, 3.8) is 0 Å². The molecule has 0 unspecified atom stereocenters. The molecule has 1 aromatic heterocycles. The van der Waals surface area contributed by atoms with E-state index < -0.39 is 11.9 Å². The van der Waals surface area contributed by atoms with Crippen LogP contribution in [0.5, 0.6) is 0 Å². The molecule has 0 saturated carbocycles. The quantitative estimate of drug-likeness (QED) is 0.662. The van der Waals surface area contributed by atoms with E-state index in [1.54, 1.807) is 4.68 Å². The summed E-state index contributed by atoms with van der Waals surface area (Å²) in [5.74, 6) is -0.875. The lowest BCUT2D eigenvalue weighted by atomic mass is 10.0. The van der Waals surface area contributed by atoms with E-state index in [2.05, 4.69) is 15.5 Å². The van der Waals surface area contributed by atoms with E-state index in [4.69, 9.17) is 5.11 Å². The van der Waals surface area contributed by atoms with Gasteiger partial charge in [-0.3, -0.25) is 4.79 Å². The first-order chi connectivity index (χ1) is 6.29. The predicted octanol–water partition coefficient (Wildman–Crippen LogP) is 0.0252. The van der Waals surface area contributed by atoms with Gasteiger partial charge in [0, 0.05) is 6.54 Å². The molecule has 1 aliphatic rings. The van der Waals surface area contributed by atoms with Crippen LogP contribution in [0, 0.1) is 0 Å². The van der Waals surface area contributed by atoms with E-state index in [0.717, 1.165) is 19.4 Å². The molecule has 0 spiro atoms. The van der Waals surface area contributed by atoms with Gasteiger partial charge in [0.2, 0.25) is 0 Å². The topological polar surface area (TPSA) is 80.9 Å². The summed E-state index contributed by atoms with van der Waals surface area (Å²) >= 11 is 0. The van der Waals surface area contributed by atoms with Crippen molar-refractivity contribution < 1.29 is 9.90 Å². The highest BCUT2D eigenvalue weighted by molar-refractivity contribution is 5.74. The zero-order valence-electron chi connectivity index (χ0n) is 7.05. The van der Waals surface area contributed by atoms with Crippen molar-refractivity contribution in [3.8, 4) is 0 Å². The molecule has 0 aliphatic carbocycles. The summed E-state index contributed by atoms with van der Waals surface area (Å²) in [7, 11) is 0. The SMILES string of the molecule is O=C(O)[C@@H]1CCCCn2nnnc21. The third-order valence-electron chi connectivity index (χ3n) is 2.28. The fourth-order valence-corrected chi connectivity index (χ4v) is 1.59. The molecule has 6 heteroatoms. The third-order valence-corrected chi connectivity index (χ3v) is 2.28. The highest BCUT2D eigenvalue weighted by Crippen LogP contribution is 2.23. The molecule has 70 valence electrons. The Hall–Kier alpha value is -1.46. The number of carboxylic acid groups (broad SMARTS) is 1. The molecule has 2 heterocycles. The minimum Gasteiger partial charge on any atom is -0.481 e. The summed E-state index contributed by atoms with van der Waals surface area (Å²) in [5.41, 5.74) is 0. The van der Waals surface area contributed by atoms with E-state index in [9.17, 15) is 4.79 Å². The van der Waals surface area contributed by atoms with Crippen molar-refractivity contribution in [2.24, 2.45) is 0 Å². The summed E-state index contributed by atoms with van der Waals surface area (Å²) in [6, 6.07) is 0. The van der Waals surface area contributed by atoms with Crippen LogP contribution in [0.4, 0.5) is 0 Å². The van der Waals surface area contributed by atoms with Gasteiger partial charge in [-0.2, -0.15) is 0 Å². The Morgan fingerprint density at radius 3 is 3.15 bits per heavy atom. The monoisotopic (exact) mass is 182 g/mol. The Bertz CT molecular complexity index is 322. The highest BCUT2D eigenvalue weighted by atomic mass is 16.4. The lowest BCUT2D eigenvalue weighted by molar-refractivity contribution is -0.139. The van der Waals surface area contributed by atoms with Crippen molar-refractivity contribution in [3.05, 3.63) is 5.82 Å². The van der Waals surface area contributed by atoms with Crippen LogP contribution in [0.2, 0.25) is 0 Å². The molecule has 0 fully saturated rings. The second-order valence-corrected chi connectivity index (χ2v) is 3.15. The molecule has 1 aromatic rings. The Labute approximate surface area is 74.6 Å². The molecule has 0 radical (unpaired) electrons. The summed E-state index contributed by atoms with van der Waals surface area (Å²) in [6.07, 6.45) is 2.49. The molecule has 0 amide bonds. The Morgan fingerprint density at radius 1 is 1.54 bits per heavy atom. The minimum atomic E-state index is -0.835. The van der Waals surface area contributed by atoms with E-state index in [1.165, 1.54) is 0 Å². The van der Waals surface area contributed by atoms with Gasteiger partial charge in [0.1, 0.15) is 5.92 Å². The second kappa shape index (κ2) is 3.12. The van der Waals surface area contributed by atoms with E-state index in [-0.39, 0.29) is 0 Å². The largest absolute Gasteiger partial charge is 0.481 e. The van der Waals surface area contributed by atoms with Gasteiger partial charge in [-0.1, -0.05) is 6.42 Å². The first-order valence-corrected chi connectivity index (χ1v) is 4.28. The van der Waals surface area contributed by atoms with Gasteiger partial charge in [-0.15, -0.1) is 5.10 Å². The molecular formula is C7H10N4O2. The maximum Gasteiger partial charge on any atom is 0.314 e. The van der Waals surface area contributed by atoms with Gasteiger partial charge in [0.25, 0.3) is 0 Å². The predicted molar refractivity (Wildman–Crippen MR) is 42.0 cm³/mol. The maximum absolute atomic E-state index is 10.9. The molecule has 0 bridgehead atoms. The molecule has 0 saturated heterocycles. The number of hydrogen-bond donors (Lipinski definition) is 1. The molecule has 1 N–H and O–H groups in total. The summed E-state index contributed by atoms with van der Waals surface area (Å²) in [6.45, 7) is 0.728. The molecule has 0 aromatic carbocycles. The number of aryl methyl sites for hydroxylation is 1. The lowest BCUT2D eigenvalue weighted by Crippen LogP contribution is -2.15. The molecular weight excluding hydrogens is 172 g/mol. The van der Waals surface area contributed by atoms with Crippen LogP contribution in [-0.4, -0.2) is 31.3 Å². The van der Waals surface area contributed by atoms with Gasteiger partial charge >= 0.3 is 5.97 Å². The first kappa shape index (κ1) is 8.15. The Kier molecular flexibility index (Phi) is 1.96. The van der Waals surface area contributed by atoms with Crippen LogP contribution in [-0.2, 0) is 11.3 Å². The summed E-state index contributed by atoms with van der Waals surface area (Å²) in [4.78, 5) is 10.9. The first-order valence-electron chi connectivity index (χ1n) is 4.28. The number of aromatic nitrogens is 4. The van der Waals surface area contributed by atoms with Gasteiger partial charge in [-0.05, 0) is 23.3 Å².